The Labute approximate surface area is 144 Å². The second-order valence-electron chi connectivity index (χ2n) is 5.87. The first-order valence-electron chi connectivity index (χ1n) is 7.41. The van der Waals surface area contributed by atoms with Gasteiger partial charge in [0, 0.05) is 20.1 Å². The van der Waals surface area contributed by atoms with Gasteiger partial charge in [-0.1, -0.05) is 12.1 Å². The normalized spacial score (nSPS) is 31.2. The first-order valence-corrected chi connectivity index (χ1v) is 7.41. The Kier molecular flexibility index (Phi) is 3.57. The molecule has 1 aromatic rings. The van der Waals surface area contributed by atoms with Crippen LogP contribution in [0.25, 0.3) is 0 Å². The number of hydrogen-bond donors (Lipinski definition) is 1. The van der Waals surface area contributed by atoms with Crippen LogP contribution in [0.1, 0.15) is 21.8 Å². The second-order valence-corrected chi connectivity index (χ2v) is 5.87. The van der Waals surface area contributed by atoms with E-state index in [2.05, 4.69) is 21.9 Å². The van der Waals surface area contributed by atoms with E-state index >= 15 is 0 Å². The van der Waals surface area contributed by atoms with Crippen molar-refractivity contribution in [2.45, 2.75) is 11.8 Å². The number of nitrogens with zero attached hydrogens (tertiary/aromatic N) is 3. The van der Waals surface area contributed by atoms with Crippen molar-refractivity contribution in [3.05, 3.63) is 35.4 Å². The van der Waals surface area contributed by atoms with Crippen LogP contribution in [0.2, 0.25) is 0 Å². The monoisotopic (exact) mass is 340 g/mol. The smallest absolute Gasteiger partial charge is 0.337 e. The molecule has 128 valence electrons. The predicted molar refractivity (Wildman–Crippen MR) is 85.0 cm³/mol. The summed E-state index contributed by atoms with van der Waals surface area (Å²) in [5.74, 6) is -2.73. The highest BCUT2D eigenvalue weighted by Gasteiger charge is 2.93. The quantitative estimate of drug-likeness (QED) is 0.636. The van der Waals surface area contributed by atoms with E-state index in [1.807, 2.05) is 0 Å². The molecule has 2 N–H and O–H groups in total. The zero-order chi connectivity index (χ0) is 18.5. The van der Waals surface area contributed by atoms with Crippen molar-refractivity contribution in [1.82, 2.24) is 0 Å². The van der Waals surface area contributed by atoms with Crippen LogP contribution in [0.5, 0.6) is 0 Å². The maximum atomic E-state index is 11.6. The highest BCUT2D eigenvalue weighted by Crippen LogP contribution is 2.81. The molecule has 0 spiro atoms. The van der Waals surface area contributed by atoms with Crippen LogP contribution in [0, 0.1) is 33.5 Å². The van der Waals surface area contributed by atoms with Crippen LogP contribution in [0.3, 0.4) is 0 Å². The van der Waals surface area contributed by atoms with Crippen molar-refractivity contribution >= 4 is 11.8 Å². The third kappa shape index (κ3) is 1.65. The largest absolute Gasteiger partial charge is 0.465 e. The predicted octanol–water partition coefficient (Wildman–Crippen LogP) is 0.908. The van der Waals surface area contributed by atoms with E-state index in [0.29, 0.717) is 11.1 Å². The van der Waals surface area contributed by atoms with Crippen molar-refractivity contribution in [2.24, 2.45) is 21.6 Å². The standard InChI is InChI=1S/C17H16N4O4/c1-23-13(22)11-6-4-10(5-7-11)12-15(8-18)14(20)21-17(24-2,25-3)16(12,15)9-19/h4-7,12H,1-3H3,(H2,20,21)/t12-,15+,16-/m1/s1. The zero-order valence-corrected chi connectivity index (χ0v) is 13.9. The fraction of sp³-hybridized carbons (Fsp3) is 0.412. The molecule has 0 amide bonds. The summed E-state index contributed by atoms with van der Waals surface area (Å²) < 4.78 is 15.4. The van der Waals surface area contributed by atoms with Crippen LogP contribution in [0.4, 0.5) is 0 Å². The molecule has 0 aromatic heterocycles. The summed E-state index contributed by atoms with van der Waals surface area (Å²) in [5, 5.41) is 19.7. The number of methoxy groups -OCH3 is 3. The Morgan fingerprint density at radius 2 is 1.76 bits per heavy atom. The van der Waals surface area contributed by atoms with Crippen molar-refractivity contribution in [2.75, 3.05) is 21.3 Å². The van der Waals surface area contributed by atoms with E-state index in [0.717, 1.165) is 0 Å². The lowest BCUT2D eigenvalue weighted by Gasteiger charge is -2.29. The zero-order valence-electron chi connectivity index (χ0n) is 13.9. The van der Waals surface area contributed by atoms with Gasteiger partial charge in [-0.3, -0.25) is 0 Å². The Bertz CT molecular complexity index is 847. The van der Waals surface area contributed by atoms with Crippen LogP contribution in [0.15, 0.2) is 29.3 Å². The van der Waals surface area contributed by atoms with Gasteiger partial charge in [-0.2, -0.15) is 10.5 Å². The van der Waals surface area contributed by atoms with E-state index in [-0.39, 0.29) is 5.84 Å². The molecule has 1 aliphatic heterocycles. The summed E-state index contributed by atoms with van der Waals surface area (Å²) in [6.07, 6.45) is 0. The van der Waals surface area contributed by atoms with Crippen LogP contribution in [-0.4, -0.2) is 39.0 Å². The Balaban J connectivity index is 2.13. The number of amidine groups is 1. The molecule has 3 atom stereocenters. The van der Waals surface area contributed by atoms with Gasteiger partial charge in [0.1, 0.15) is 11.3 Å². The van der Waals surface area contributed by atoms with Gasteiger partial charge in [0.2, 0.25) is 0 Å². The van der Waals surface area contributed by atoms with E-state index in [9.17, 15) is 15.3 Å². The van der Waals surface area contributed by atoms with Gasteiger partial charge >= 0.3 is 5.97 Å². The number of rotatable bonds is 4. The van der Waals surface area contributed by atoms with Crippen molar-refractivity contribution in [1.29, 1.82) is 10.5 Å². The maximum Gasteiger partial charge on any atom is 0.337 e. The van der Waals surface area contributed by atoms with Gasteiger partial charge in [0.25, 0.3) is 5.91 Å². The van der Waals surface area contributed by atoms with E-state index in [4.69, 9.17) is 15.2 Å². The number of nitriles is 2. The van der Waals surface area contributed by atoms with Crippen molar-refractivity contribution in [3.63, 3.8) is 0 Å². The number of hydrogen-bond acceptors (Lipinski definition) is 8. The highest BCUT2D eigenvalue weighted by atomic mass is 16.7. The Hall–Kier alpha value is -2.94. The molecule has 1 aliphatic carbocycles. The fourth-order valence-electron chi connectivity index (χ4n) is 3.95. The molecule has 1 aromatic carbocycles. The maximum absolute atomic E-state index is 11.6. The summed E-state index contributed by atoms with van der Waals surface area (Å²) in [6, 6.07) is 10.8. The summed E-state index contributed by atoms with van der Waals surface area (Å²) in [5.41, 5.74) is 4.29. The molecule has 25 heavy (non-hydrogen) atoms. The lowest BCUT2D eigenvalue weighted by molar-refractivity contribution is -0.230. The van der Waals surface area contributed by atoms with Crippen LogP contribution >= 0.6 is 0 Å². The van der Waals surface area contributed by atoms with Gasteiger partial charge in [0.15, 0.2) is 5.41 Å². The van der Waals surface area contributed by atoms with Gasteiger partial charge in [-0.05, 0) is 17.7 Å². The molecule has 0 saturated heterocycles. The average Bonchev–Trinajstić information content (AvgIpc) is 3.23. The molecule has 1 fully saturated rings. The second kappa shape index (κ2) is 5.28. The summed E-state index contributed by atoms with van der Waals surface area (Å²) in [6.45, 7) is 0. The lowest BCUT2D eigenvalue weighted by atomic mass is 9.93. The summed E-state index contributed by atoms with van der Waals surface area (Å²) in [4.78, 5) is 15.7. The van der Waals surface area contributed by atoms with Crippen molar-refractivity contribution in [3.8, 4) is 12.1 Å². The third-order valence-electron chi connectivity index (χ3n) is 5.15. The topological polar surface area (TPSA) is 131 Å². The third-order valence-corrected chi connectivity index (χ3v) is 5.15. The number of ether oxygens (including phenoxy) is 3. The molecular weight excluding hydrogens is 324 g/mol. The Morgan fingerprint density at radius 3 is 2.20 bits per heavy atom. The summed E-state index contributed by atoms with van der Waals surface area (Å²) in [7, 11) is 3.99. The molecule has 1 saturated carbocycles. The van der Waals surface area contributed by atoms with E-state index < -0.39 is 28.6 Å². The SMILES string of the molecule is COC(=O)c1ccc([C@H]2[C@@]3(C#N)C(OC)(OC)N=C(N)[C@]23C#N)cc1. The lowest BCUT2D eigenvalue weighted by Crippen LogP contribution is -2.41. The first kappa shape index (κ1) is 16.9. The first-order chi connectivity index (χ1) is 11.9. The molecule has 8 heteroatoms. The molecule has 1 heterocycles. The van der Waals surface area contributed by atoms with Gasteiger partial charge < -0.3 is 19.9 Å². The average molecular weight is 340 g/mol. The van der Waals surface area contributed by atoms with Gasteiger partial charge in [0.05, 0.1) is 24.8 Å². The molecular formula is C17H16N4O4. The minimum atomic E-state index is -1.66. The molecule has 8 nitrogen and oxygen atoms in total. The van der Waals surface area contributed by atoms with Gasteiger partial charge in [-0.25, -0.2) is 9.79 Å². The molecule has 2 aliphatic rings. The molecule has 0 unspecified atom stereocenters. The minimum absolute atomic E-state index is 0.00212. The van der Waals surface area contributed by atoms with E-state index in [1.54, 1.807) is 24.3 Å². The number of aliphatic imine (C=N–C) groups is 1. The van der Waals surface area contributed by atoms with Crippen molar-refractivity contribution < 1.29 is 19.0 Å². The minimum Gasteiger partial charge on any atom is -0.465 e. The van der Waals surface area contributed by atoms with E-state index in [1.165, 1.54) is 21.3 Å². The number of esters is 1. The number of carbonyl (C=O) groups excluding carboxylic acids is 1. The Morgan fingerprint density at radius 1 is 1.16 bits per heavy atom. The number of fused-ring (bicyclic) bond motifs is 1. The fourth-order valence-corrected chi connectivity index (χ4v) is 3.95. The summed E-state index contributed by atoms with van der Waals surface area (Å²) >= 11 is 0. The number of nitrogens with two attached hydrogens (primary N) is 1. The van der Waals surface area contributed by atoms with Gasteiger partial charge in [-0.15, -0.1) is 0 Å². The highest BCUT2D eigenvalue weighted by molar-refractivity contribution is 6.00. The number of carbonyl (C=O) groups is 1. The number of benzene rings is 1. The van der Waals surface area contributed by atoms with Crippen LogP contribution in [-0.2, 0) is 14.2 Å². The molecule has 3 rings (SSSR count). The van der Waals surface area contributed by atoms with Crippen LogP contribution < -0.4 is 5.73 Å². The molecule has 0 radical (unpaired) electrons. The molecule has 0 bridgehead atoms.